The number of ether oxygens (including phenoxy) is 2. The molecule has 1 unspecified atom stereocenters. The molecule has 0 aromatic carbocycles. The van der Waals surface area contributed by atoms with Crippen LogP contribution in [0, 0.1) is 11.3 Å². The highest BCUT2D eigenvalue weighted by molar-refractivity contribution is 7.17. The molecule has 1 atom stereocenters. The van der Waals surface area contributed by atoms with Crippen molar-refractivity contribution < 1.29 is 23.9 Å². The fourth-order valence-electron chi connectivity index (χ4n) is 3.86. The minimum atomic E-state index is -0.370. The van der Waals surface area contributed by atoms with Gasteiger partial charge in [-0.3, -0.25) is 9.59 Å². The summed E-state index contributed by atoms with van der Waals surface area (Å²) in [7, 11) is 0. The number of fused-ring (bicyclic) bond motifs is 1. The van der Waals surface area contributed by atoms with Crippen molar-refractivity contribution in [3.63, 3.8) is 0 Å². The van der Waals surface area contributed by atoms with E-state index in [2.05, 4.69) is 26.1 Å². The van der Waals surface area contributed by atoms with Crippen LogP contribution in [0.5, 0.6) is 0 Å². The number of hydrogen-bond donors (Lipinski definition) is 1. The van der Waals surface area contributed by atoms with Gasteiger partial charge in [-0.1, -0.05) is 27.2 Å². The number of anilines is 1. The van der Waals surface area contributed by atoms with Gasteiger partial charge in [-0.15, -0.1) is 11.3 Å². The Labute approximate surface area is 183 Å². The Bertz CT molecular complexity index is 768. The summed E-state index contributed by atoms with van der Waals surface area (Å²) in [6.45, 7) is 11.0. The highest BCUT2D eigenvalue weighted by atomic mass is 32.1. The Kier molecular flexibility index (Phi) is 8.89. The Morgan fingerprint density at radius 3 is 2.43 bits per heavy atom. The molecule has 1 aliphatic rings. The number of esters is 2. The van der Waals surface area contributed by atoms with Gasteiger partial charge >= 0.3 is 11.9 Å². The predicted octanol–water partition coefficient (Wildman–Crippen LogP) is 5.14. The van der Waals surface area contributed by atoms with E-state index >= 15 is 0 Å². The summed E-state index contributed by atoms with van der Waals surface area (Å²) < 4.78 is 10.2. The second kappa shape index (κ2) is 10.9. The molecule has 7 heteroatoms. The third kappa shape index (κ3) is 6.06. The first-order valence-corrected chi connectivity index (χ1v) is 11.8. The molecule has 30 heavy (non-hydrogen) atoms. The number of amides is 1. The molecular formula is C23H35NO5S. The molecule has 1 N–H and O–H groups in total. The Morgan fingerprint density at radius 1 is 1.10 bits per heavy atom. The SMILES string of the molecule is CCOC(=O)CCCC(=O)Nc1sc2c(c1C(=O)OCC)CCC(C(C)(C)CC)C2. The molecule has 0 saturated heterocycles. The average Bonchev–Trinajstić information content (AvgIpc) is 3.05. The van der Waals surface area contributed by atoms with Gasteiger partial charge in [-0.2, -0.15) is 0 Å². The maximum Gasteiger partial charge on any atom is 0.341 e. The molecular weight excluding hydrogens is 402 g/mol. The van der Waals surface area contributed by atoms with Crippen LogP contribution < -0.4 is 5.32 Å². The summed E-state index contributed by atoms with van der Waals surface area (Å²) in [6.07, 6.45) is 4.71. The lowest BCUT2D eigenvalue weighted by Gasteiger charge is -2.36. The van der Waals surface area contributed by atoms with E-state index in [4.69, 9.17) is 9.47 Å². The van der Waals surface area contributed by atoms with Gasteiger partial charge in [0.2, 0.25) is 5.91 Å². The van der Waals surface area contributed by atoms with Gasteiger partial charge in [-0.25, -0.2) is 4.79 Å². The zero-order chi connectivity index (χ0) is 22.3. The van der Waals surface area contributed by atoms with Crippen LogP contribution >= 0.6 is 11.3 Å². The number of hydrogen-bond acceptors (Lipinski definition) is 6. The normalized spacial score (nSPS) is 16.0. The lowest BCUT2D eigenvalue weighted by molar-refractivity contribution is -0.143. The molecule has 1 aromatic heterocycles. The van der Waals surface area contributed by atoms with Crippen LogP contribution in [0.1, 0.15) is 87.5 Å². The number of carbonyl (C=O) groups is 3. The van der Waals surface area contributed by atoms with Crippen molar-refractivity contribution in [3.8, 4) is 0 Å². The van der Waals surface area contributed by atoms with E-state index in [1.165, 1.54) is 16.2 Å². The van der Waals surface area contributed by atoms with Gasteiger partial charge in [0.15, 0.2) is 0 Å². The van der Waals surface area contributed by atoms with E-state index < -0.39 is 0 Å². The van der Waals surface area contributed by atoms with Gasteiger partial charge in [0.05, 0.1) is 18.8 Å². The number of nitrogens with one attached hydrogen (secondary N) is 1. The predicted molar refractivity (Wildman–Crippen MR) is 119 cm³/mol. The highest BCUT2D eigenvalue weighted by Gasteiger charge is 2.35. The fraction of sp³-hybridized carbons (Fsp3) is 0.696. The van der Waals surface area contributed by atoms with Crippen molar-refractivity contribution >= 4 is 34.2 Å². The van der Waals surface area contributed by atoms with Crippen LogP contribution in [0.25, 0.3) is 0 Å². The molecule has 1 aromatic rings. The van der Waals surface area contributed by atoms with E-state index in [1.54, 1.807) is 13.8 Å². The third-order valence-electron chi connectivity index (χ3n) is 6.10. The van der Waals surface area contributed by atoms with Gasteiger partial charge < -0.3 is 14.8 Å². The second-order valence-corrected chi connectivity index (χ2v) is 9.52. The van der Waals surface area contributed by atoms with Crippen LogP contribution in [0.15, 0.2) is 0 Å². The zero-order valence-electron chi connectivity index (χ0n) is 18.9. The van der Waals surface area contributed by atoms with Crippen LogP contribution in [0.4, 0.5) is 5.00 Å². The van der Waals surface area contributed by atoms with Crippen molar-refractivity contribution in [2.24, 2.45) is 11.3 Å². The zero-order valence-corrected chi connectivity index (χ0v) is 19.7. The molecule has 0 bridgehead atoms. The van der Waals surface area contributed by atoms with E-state index in [9.17, 15) is 14.4 Å². The first-order valence-electron chi connectivity index (χ1n) is 11.0. The van der Waals surface area contributed by atoms with E-state index in [-0.39, 0.29) is 36.1 Å². The third-order valence-corrected chi connectivity index (χ3v) is 7.27. The summed E-state index contributed by atoms with van der Waals surface area (Å²) >= 11 is 1.50. The Morgan fingerprint density at radius 2 is 1.80 bits per heavy atom. The largest absolute Gasteiger partial charge is 0.466 e. The van der Waals surface area contributed by atoms with Crippen molar-refractivity contribution in [2.45, 2.75) is 79.6 Å². The fourth-order valence-corrected chi connectivity index (χ4v) is 5.20. The molecule has 0 fully saturated rings. The first kappa shape index (κ1) is 24.4. The molecule has 6 nitrogen and oxygen atoms in total. The number of carbonyl (C=O) groups excluding carboxylic acids is 3. The molecule has 1 amide bonds. The lowest BCUT2D eigenvalue weighted by Crippen LogP contribution is -2.28. The van der Waals surface area contributed by atoms with Gasteiger partial charge in [-0.05, 0) is 56.4 Å². The van der Waals surface area contributed by atoms with E-state index in [0.717, 1.165) is 31.2 Å². The molecule has 0 aliphatic heterocycles. The van der Waals surface area contributed by atoms with Crippen molar-refractivity contribution in [2.75, 3.05) is 18.5 Å². The van der Waals surface area contributed by atoms with Gasteiger partial charge in [0, 0.05) is 17.7 Å². The number of thiophene rings is 1. The minimum Gasteiger partial charge on any atom is -0.466 e. The van der Waals surface area contributed by atoms with Crippen molar-refractivity contribution in [1.82, 2.24) is 0 Å². The molecule has 0 radical (unpaired) electrons. The molecule has 0 saturated carbocycles. The summed E-state index contributed by atoms with van der Waals surface area (Å²) in [5, 5.41) is 3.49. The highest BCUT2D eigenvalue weighted by Crippen LogP contribution is 2.45. The van der Waals surface area contributed by atoms with Crippen molar-refractivity contribution in [1.29, 1.82) is 0 Å². The monoisotopic (exact) mass is 437 g/mol. The smallest absolute Gasteiger partial charge is 0.341 e. The van der Waals surface area contributed by atoms with Crippen molar-refractivity contribution in [3.05, 3.63) is 16.0 Å². The summed E-state index contributed by atoms with van der Waals surface area (Å²) in [5.41, 5.74) is 1.79. The van der Waals surface area contributed by atoms with Gasteiger partial charge in [0.25, 0.3) is 0 Å². The van der Waals surface area contributed by atoms with Gasteiger partial charge in [0.1, 0.15) is 5.00 Å². The van der Waals surface area contributed by atoms with E-state index in [1.807, 2.05) is 0 Å². The molecule has 0 spiro atoms. The maximum atomic E-state index is 12.7. The van der Waals surface area contributed by atoms with Crippen LogP contribution in [0.2, 0.25) is 0 Å². The summed E-state index contributed by atoms with van der Waals surface area (Å²) in [4.78, 5) is 37.8. The average molecular weight is 438 g/mol. The van der Waals surface area contributed by atoms with Crippen LogP contribution in [0.3, 0.4) is 0 Å². The first-order chi connectivity index (χ1) is 14.2. The summed E-state index contributed by atoms with van der Waals surface area (Å²) in [6, 6.07) is 0. The Balaban J connectivity index is 2.16. The summed E-state index contributed by atoms with van der Waals surface area (Å²) in [5.74, 6) is -0.315. The quantitative estimate of drug-likeness (QED) is 0.513. The standard InChI is InChI=1S/C23H35NO5S/c1-6-23(4,5)15-12-13-16-17(14-15)30-21(20(16)22(27)29-8-3)24-18(25)10-9-11-19(26)28-7-2/h15H,6-14H2,1-5H3,(H,24,25). The lowest BCUT2D eigenvalue weighted by atomic mass is 9.69. The molecule has 1 heterocycles. The molecule has 2 rings (SSSR count). The maximum absolute atomic E-state index is 12.7. The second-order valence-electron chi connectivity index (χ2n) is 8.42. The minimum absolute atomic E-state index is 0.200. The van der Waals surface area contributed by atoms with Crippen LogP contribution in [-0.4, -0.2) is 31.1 Å². The van der Waals surface area contributed by atoms with Crippen LogP contribution in [-0.2, 0) is 31.9 Å². The molecule has 168 valence electrons. The van der Waals surface area contributed by atoms with E-state index in [0.29, 0.717) is 36.1 Å². The number of rotatable bonds is 10. The topological polar surface area (TPSA) is 81.7 Å². The molecule has 1 aliphatic carbocycles. The Hall–Kier alpha value is -1.89.